The molecule has 1 aliphatic rings. The van der Waals surface area contributed by atoms with Crippen molar-refractivity contribution < 1.29 is 18.7 Å². The van der Waals surface area contributed by atoms with Gasteiger partial charge in [-0.2, -0.15) is 0 Å². The fourth-order valence-corrected chi connectivity index (χ4v) is 3.25. The summed E-state index contributed by atoms with van der Waals surface area (Å²) in [6.45, 7) is 0.815. The first-order chi connectivity index (χ1) is 13.7. The maximum atomic E-state index is 13.0. The Labute approximate surface area is 162 Å². The Bertz CT molecular complexity index is 972. The number of halogens is 1. The summed E-state index contributed by atoms with van der Waals surface area (Å²) in [5.41, 5.74) is 2.27. The maximum Gasteiger partial charge on any atom is 0.255 e. The number of para-hydroxylation sites is 2. The molecule has 0 saturated heterocycles. The lowest BCUT2D eigenvalue weighted by Gasteiger charge is -2.26. The summed E-state index contributed by atoms with van der Waals surface area (Å²) in [5.74, 6) is 0.807. The van der Waals surface area contributed by atoms with Gasteiger partial charge in [0.25, 0.3) is 5.91 Å². The van der Waals surface area contributed by atoms with E-state index in [1.165, 1.54) is 12.1 Å². The number of amides is 1. The molecule has 0 aliphatic carbocycles. The number of hydrogen-bond donors (Lipinski definition) is 1. The molecule has 3 aromatic carbocycles. The number of benzene rings is 3. The van der Waals surface area contributed by atoms with Gasteiger partial charge in [0.1, 0.15) is 23.9 Å². The predicted molar refractivity (Wildman–Crippen MR) is 104 cm³/mol. The summed E-state index contributed by atoms with van der Waals surface area (Å²) in [5, 5.41) is 3.09. The van der Waals surface area contributed by atoms with Crippen LogP contribution in [-0.4, -0.2) is 12.5 Å². The van der Waals surface area contributed by atoms with Gasteiger partial charge >= 0.3 is 0 Å². The Morgan fingerprint density at radius 3 is 2.64 bits per heavy atom. The second kappa shape index (κ2) is 8.13. The van der Waals surface area contributed by atoms with E-state index in [2.05, 4.69) is 5.32 Å². The van der Waals surface area contributed by atoms with Gasteiger partial charge in [-0.3, -0.25) is 4.79 Å². The predicted octanol–water partition coefficient (Wildman–Crippen LogP) is 4.66. The van der Waals surface area contributed by atoms with Crippen molar-refractivity contribution in [2.45, 2.75) is 19.1 Å². The van der Waals surface area contributed by atoms with Gasteiger partial charge in [0, 0.05) is 12.0 Å². The largest absolute Gasteiger partial charge is 0.493 e. The molecule has 0 radical (unpaired) electrons. The number of fused-ring (bicyclic) bond motifs is 1. The maximum absolute atomic E-state index is 13.0. The number of nitrogens with one attached hydrogen (secondary N) is 1. The highest BCUT2D eigenvalue weighted by Crippen LogP contribution is 2.32. The van der Waals surface area contributed by atoms with E-state index in [0.29, 0.717) is 24.3 Å². The molecule has 0 fully saturated rings. The van der Waals surface area contributed by atoms with Crippen molar-refractivity contribution in [1.82, 2.24) is 5.32 Å². The van der Waals surface area contributed by atoms with Gasteiger partial charge in [-0.15, -0.1) is 0 Å². The summed E-state index contributed by atoms with van der Waals surface area (Å²) in [7, 11) is 0. The second-order valence-electron chi connectivity index (χ2n) is 6.61. The lowest BCUT2D eigenvalue weighted by Crippen LogP contribution is -2.32. The van der Waals surface area contributed by atoms with Crippen LogP contribution in [0.3, 0.4) is 0 Å². The zero-order valence-electron chi connectivity index (χ0n) is 15.2. The molecule has 0 aromatic heterocycles. The summed E-state index contributed by atoms with van der Waals surface area (Å²) in [6.07, 6.45) is 0.710. The molecule has 3 aromatic rings. The van der Waals surface area contributed by atoms with Crippen LogP contribution in [0.15, 0.2) is 72.8 Å². The van der Waals surface area contributed by atoms with Gasteiger partial charge in [0.05, 0.1) is 18.2 Å². The van der Waals surface area contributed by atoms with E-state index in [1.54, 1.807) is 30.3 Å². The van der Waals surface area contributed by atoms with E-state index in [1.807, 2.05) is 30.3 Å². The zero-order chi connectivity index (χ0) is 19.3. The van der Waals surface area contributed by atoms with E-state index >= 15 is 0 Å². The van der Waals surface area contributed by atoms with Crippen molar-refractivity contribution in [3.05, 3.63) is 95.3 Å². The minimum atomic E-state index is -0.291. The number of carbonyl (C=O) groups is 1. The summed E-state index contributed by atoms with van der Waals surface area (Å²) >= 11 is 0. The standard InChI is InChI=1S/C23H20FNO3/c24-17-11-9-16(10-12-17)15-28-22-8-4-2-6-19(22)23(26)25-20-13-14-27-21-7-3-1-5-18(20)21/h1-12,20H,13-15H2,(H,25,26). The van der Waals surface area contributed by atoms with Crippen molar-refractivity contribution >= 4 is 5.91 Å². The fraction of sp³-hybridized carbons (Fsp3) is 0.174. The van der Waals surface area contributed by atoms with Crippen molar-refractivity contribution in [3.8, 4) is 11.5 Å². The van der Waals surface area contributed by atoms with Gasteiger partial charge in [-0.25, -0.2) is 4.39 Å². The first-order valence-corrected chi connectivity index (χ1v) is 9.19. The molecule has 0 saturated carbocycles. The lowest BCUT2D eigenvalue weighted by molar-refractivity contribution is 0.0920. The number of hydrogen-bond acceptors (Lipinski definition) is 3. The van der Waals surface area contributed by atoms with Crippen LogP contribution in [0.2, 0.25) is 0 Å². The average molecular weight is 377 g/mol. The number of carbonyl (C=O) groups excluding carboxylic acids is 1. The topological polar surface area (TPSA) is 47.6 Å². The fourth-order valence-electron chi connectivity index (χ4n) is 3.25. The van der Waals surface area contributed by atoms with Crippen LogP contribution in [0, 0.1) is 5.82 Å². The minimum Gasteiger partial charge on any atom is -0.493 e. The summed E-state index contributed by atoms with van der Waals surface area (Å²) in [4.78, 5) is 12.9. The molecule has 0 spiro atoms. The van der Waals surface area contributed by atoms with Crippen molar-refractivity contribution in [3.63, 3.8) is 0 Å². The number of ether oxygens (including phenoxy) is 2. The van der Waals surface area contributed by atoms with Gasteiger partial charge in [0.2, 0.25) is 0 Å². The Hall–Kier alpha value is -3.34. The molecule has 1 unspecified atom stereocenters. The zero-order valence-corrected chi connectivity index (χ0v) is 15.2. The van der Waals surface area contributed by atoms with Crippen LogP contribution in [-0.2, 0) is 6.61 Å². The monoisotopic (exact) mass is 377 g/mol. The Balaban J connectivity index is 1.49. The summed E-state index contributed by atoms with van der Waals surface area (Å²) < 4.78 is 24.5. The van der Waals surface area contributed by atoms with Crippen LogP contribution in [0.1, 0.15) is 33.9 Å². The van der Waals surface area contributed by atoms with Crippen LogP contribution in [0.4, 0.5) is 4.39 Å². The van der Waals surface area contributed by atoms with E-state index < -0.39 is 0 Å². The van der Waals surface area contributed by atoms with E-state index in [-0.39, 0.29) is 24.4 Å². The van der Waals surface area contributed by atoms with Gasteiger partial charge in [-0.05, 0) is 35.9 Å². The van der Waals surface area contributed by atoms with Crippen molar-refractivity contribution in [2.24, 2.45) is 0 Å². The molecule has 28 heavy (non-hydrogen) atoms. The van der Waals surface area contributed by atoms with Crippen LogP contribution >= 0.6 is 0 Å². The smallest absolute Gasteiger partial charge is 0.255 e. The highest BCUT2D eigenvalue weighted by molar-refractivity contribution is 5.97. The first kappa shape index (κ1) is 18.0. The highest BCUT2D eigenvalue weighted by Gasteiger charge is 2.24. The Morgan fingerprint density at radius 1 is 1.04 bits per heavy atom. The van der Waals surface area contributed by atoms with Gasteiger partial charge < -0.3 is 14.8 Å². The summed E-state index contributed by atoms with van der Waals surface area (Å²) in [6, 6.07) is 20.9. The number of rotatable bonds is 5. The normalized spacial score (nSPS) is 15.2. The van der Waals surface area contributed by atoms with Crippen LogP contribution < -0.4 is 14.8 Å². The Kier molecular flexibility index (Phi) is 5.24. The molecule has 1 aliphatic heterocycles. The molecule has 1 atom stereocenters. The quantitative estimate of drug-likeness (QED) is 0.704. The molecule has 5 heteroatoms. The second-order valence-corrected chi connectivity index (χ2v) is 6.61. The molecule has 1 amide bonds. The molecule has 4 nitrogen and oxygen atoms in total. The Morgan fingerprint density at radius 2 is 1.79 bits per heavy atom. The van der Waals surface area contributed by atoms with E-state index in [4.69, 9.17) is 9.47 Å². The molecule has 0 bridgehead atoms. The van der Waals surface area contributed by atoms with Crippen molar-refractivity contribution in [1.29, 1.82) is 0 Å². The molecule has 4 rings (SSSR count). The van der Waals surface area contributed by atoms with Crippen LogP contribution in [0.5, 0.6) is 11.5 Å². The molecular weight excluding hydrogens is 357 g/mol. The SMILES string of the molecule is O=C(NC1CCOc2ccccc21)c1ccccc1OCc1ccc(F)cc1. The minimum absolute atomic E-state index is 0.109. The third-order valence-electron chi connectivity index (χ3n) is 4.70. The van der Waals surface area contributed by atoms with E-state index in [0.717, 1.165) is 16.9 Å². The van der Waals surface area contributed by atoms with Crippen LogP contribution in [0.25, 0.3) is 0 Å². The average Bonchev–Trinajstić information content (AvgIpc) is 2.74. The van der Waals surface area contributed by atoms with Gasteiger partial charge in [0.15, 0.2) is 0 Å². The van der Waals surface area contributed by atoms with E-state index in [9.17, 15) is 9.18 Å². The van der Waals surface area contributed by atoms with Gasteiger partial charge in [-0.1, -0.05) is 42.5 Å². The third kappa shape index (κ3) is 3.98. The third-order valence-corrected chi connectivity index (χ3v) is 4.70. The van der Waals surface area contributed by atoms with Crippen molar-refractivity contribution in [2.75, 3.05) is 6.61 Å². The lowest BCUT2D eigenvalue weighted by atomic mass is 10.00. The molecule has 142 valence electrons. The molecule has 1 heterocycles. The molecule has 1 N–H and O–H groups in total. The highest BCUT2D eigenvalue weighted by atomic mass is 19.1. The first-order valence-electron chi connectivity index (χ1n) is 9.19. The molecular formula is C23H20FNO3.